The zero-order chi connectivity index (χ0) is 40.7. The maximum absolute atomic E-state index is 9.34. The van der Waals surface area contributed by atoms with Gasteiger partial charge in [-0.05, 0) is 0 Å². The fraction of sp³-hybridized carbons (Fsp3) is 0.259. The molecular formula is C54H55Cl2SiZr. The molecule has 6 aromatic rings. The van der Waals surface area contributed by atoms with Crippen molar-refractivity contribution in [3.63, 3.8) is 0 Å². The van der Waals surface area contributed by atoms with Crippen molar-refractivity contribution in [2.24, 2.45) is 0 Å². The summed E-state index contributed by atoms with van der Waals surface area (Å²) in [4.78, 5) is 0. The minimum absolute atomic E-state index is 0.0875. The number of aryl methyl sites for hydroxylation is 2. The average molecular weight is 894 g/mol. The molecule has 58 heavy (non-hydrogen) atoms. The monoisotopic (exact) mass is 891 g/mol. The summed E-state index contributed by atoms with van der Waals surface area (Å²) in [5, 5.41) is 2.97. The van der Waals surface area contributed by atoms with E-state index in [-0.39, 0.29) is 7.25 Å². The Labute approximate surface area is 357 Å². The normalized spacial score (nSPS) is 17.8. The second-order valence-electron chi connectivity index (χ2n) is 17.8. The van der Waals surface area contributed by atoms with Gasteiger partial charge in [0.25, 0.3) is 0 Å². The molecule has 293 valence electrons. The topological polar surface area (TPSA) is 0 Å². The Morgan fingerprint density at radius 3 is 1.45 bits per heavy atom. The van der Waals surface area contributed by atoms with Crippen molar-refractivity contribution in [3.05, 3.63) is 171 Å². The number of fused-ring (bicyclic) bond motifs is 5. The number of allylic oxidation sites excluding steroid dienone is 2. The van der Waals surface area contributed by atoms with Crippen LogP contribution < -0.4 is 13.6 Å². The van der Waals surface area contributed by atoms with Crippen LogP contribution >= 0.6 is 17.0 Å². The van der Waals surface area contributed by atoms with Crippen LogP contribution in [0.2, 0.25) is 0 Å². The van der Waals surface area contributed by atoms with Gasteiger partial charge in [0.05, 0.1) is 0 Å². The van der Waals surface area contributed by atoms with Gasteiger partial charge in [-0.15, -0.1) is 0 Å². The van der Waals surface area contributed by atoms with Crippen molar-refractivity contribution in [2.75, 3.05) is 0 Å². The first-order valence-corrected chi connectivity index (χ1v) is 33.3. The second-order valence-corrected chi connectivity index (χ2v) is 40.3. The van der Waals surface area contributed by atoms with Gasteiger partial charge in [-0.25, -0.2) is 0 Å². The molecule has 0 amide bonds. The summed E-state index contributed by atoms with van der Waals surface area (Å²) in [6, 6.07) is 43.6. The molecule has 4 heteroatoms. The van der Waals surface area contributed by atoms with Gasteiger partial charge < -0.3 is 0 Å². The van der Waals surface area contributed by atoms with E-state index in [0.717, 1.165) is 12.8 Å². The number of rotatable bonds is 9. The molecule has 0 N–H and O–H groups in total. The summed E-state index contributed by atoms with van der Waals surface area (Å²) in [5.74, 6) is 0.722. The molecule has 0 spiro atoms. The third kappa shape index (κ3) is 5.90. The number of hydrogen-bond donors (Lipinski definition) is 0. The van der Waals surface area contributed by atoms with E-state index in [1.54, 1.807) is 0 Å². The third-order valence-electron chi connectivity index (χ3n) is 14.0. The average Bonchev–Trinajstić information content (AvgIpc) is 3.93. The summed E-state index contributed by atoms with van der Waals surface area (Å²) in [7, 11) is 17.8. The molecule has 2 atom stereocenters. The fourth-order valence-electron chi connectivity index (χ4n) is 11.3. The summed E-state index contributed by atoms with van der Waals surface area (Å²) in [6.45, 7) is 18.5. The van der Waals surface area contributed by atoms with Gasteiger partial charge in [-0.2, -0.15) is 0 Å². The molecular weight excluding hydrogens is 839 g/mol. The van der Waals surface area contributed by atoms with Gasteiger partial charge in [0.2, 0.25) is 0 Å². The van der Waals surface area contributed by atoms with Gasteiger partial charge in [0, 0.05) is 0 Å². The van der Waals surface area contributed by atoms with Gasteiger partial charge in [-0.3, -0.25) is 0 Å². The fourth-order valence-corrected chi connectivity index (χ4v) is 39.5. The van der Waals surface area contributed by atoms with Crippen LogP contribution in [0.25, 0.3) is 45.5 Å². The van der Waals surface area contributed by atoms with Crippen LogP contribution in [0, 0.1) is 13.8 Å². The minimum atomic E-state index is -5.61. The van der Waals surface area contributed by atoms with Crippen molar-refractivity contribution in [3.8, 4) is 33.4 Å². The zero-order valence-corrected chi connectivity index (χ0v) is 40.7. The van der Waals surface area contributed by atoms with Crippen molar-refractivity contribution in [1.29, 1.82) is 0 Å². The Hall–Kier alpha value is -3.52. The van der Waals surface area contributed by atoms with E-state index < -0.39 is 25.9 Å². The van der Waals surface area contributed by atoms with E-state index in [2.05, 4.69) is 183 Å². The molecule has 1 aliphatic heterocycles. The third-order valence-corrected chi connectivity index (χ3v) is 36.8. The molecule has 9 rings (SSSR count). The SMILES string of the molecule is CCC1=Cc2c(ccc(C(C)C)c2-c2ccccc2C)[CH]1[Zr]([Cl])([Cl])([c]1cccc2c1[SiH2]c1ccccc1-2)[CH]1C(CC)=Cc2c1ccc(C(C)C)c2-c1ccccc1C. The van der Waals surface area contributed by atoms with Crippen molar-refractivity contribution >= 4 is 52.3 Å². The van der Waals surface area contributed by atoms with Crippen LogP contribution in [-0.4, -0.2) is 9.52 Å². The Morgan fingerprint density at radius 1 is 0.534 bits per heavy atom. The van der Waals surface area contributed by atoms with Crippen LogP contribution in [0.3, 0.4) is 0 Å². The van der Waals surface area contributed by atoms with Gasteiger partial charge >= 0.3 is 360 Å². The molecule has 3 aliphatic rings. The summed E-state index contributed by atoms with van der Waals surface area (Å²) in [5.41, 5.74) is 21.5. The quantitative estimate of drug-likeness (QED) is 0.127. The maximum atomic E-state index is 9.34. The van der Waals surface area contributed by atoms with Gasteiger partial charge in [0.1, 0.15) is 0 Å². The standard InChI is InChI=1S/2C21H23.C12H9Si.2ClH.Zr/c2*1-5-16-12-17-10-11-18(14(2)3)21(20(17)13-16)19-9-7-6-8-15(19)4;1-3-7-11-9(5-1)10-6-2-4-8-12(10)13-11;;;/h2*6-14H,5H2,1-4H3;1-7H,13H2;2*1H;/q;;;;;+2/p-2. The van der Waals surface area contributed by atoms with Crippen molar-refractivity contribution in [1.82, 2.24) is 0 Å². The molecule has 0 aromatic heterocycles. The van der Waals surface area contributed by atoms with Crippen LogP contribution in [0.1, 0.15) is 118 Å². The van der Waals surface area contributed by atoms with Crippen LogP contribution in [0.15, 0.2) is 126 Å². The summed E-state index contributed by atoms with van der Waals surface area (Å²) < 4.78 is 1.13. The number of hydrogen-bond acceptors (Lipinski definition) is 0. The van der Waals surface area contributed by atoms with E-state index >= 15 is 0 Å². The van der Waals surface area contributed by atoms with E-state index in [4.69, 9.17) is 0 Å². The van der Waals surface area contributed by atoms with E-state index in [0.29, 0.717) is 11.8 Å². The molecule has 0 bridgehead atoms. The molecule has 2 unspecified atom stereocenters. The van der Waals surface area contributed by atoms with Gasteiger partial charge in [-0.1, -0.05) is 0 Å². The van der Waals surface area contributed by atoms with E-state index in [1.807, 2.05) is 0 Å². The summed E-state index contributed by atoms with van der Waals surface area (Å²) >= 11 is -5.61. The first-order chi connectivity index (χ1) is 27.9. The molecule has 6 aromatic carbocycles. The number of benzene rings is 6. The van der Waals surface area contributed by atoms with Gasteiger partial charge in [0.15, 0.2) is 0 Å². The van der Waals surface area contributed by atoms with Crippen LogP contribution in [-0.2, 0) is 16.4 Å². The van der Waals surface area contributed by atoms with E-state index in [1.165, 1.54) is 103 Å². The Bertz CT molecular complexity index is 2580. The Balaban J connectivity index is 1.40. The predicted octanol–water partition coefficient (Wildman–Crippen LogP) is 13.7. The van der Waals surface area contributed by atoms with Crippen LogP contribution in [0.4, 0.5) is 0 Å². The Kier molecular flexibility index (Phi) is 10.2. The molecule has 0 radical (unpaired) electrons. The summed E-state index contributed by atoms with van der Waals surface area (Å²) in [6.07, 6.45) is 6.86. The van der Waals surface area contributed by atoms with E-state index in [9.17, 15) is 17.0 Å². The van der Waals surface area contributed by atoms with Crippen molar-refractivity contribution < 1.29 is 16.4 Å². The first kappa shape index (κ1) is 39.9. The predicted molar refractivity (Wildman–Crippen MR) is 254 cm³/mol. The Morgan fingerprint density at radius 2 is 0.983 bits per heavy atom. The number of halogens is 2. The zero-order valence-electron chi connectivity index (χ0n) is 35.3. The molecule has 0 saturated carbocycles. The van der Waals surface area contributed by atoms with Crippen molar-refractivity contribution in [2.45, 2.75) is 87.3 Å². The molecule has 0 nitrogen and oxygen atoms in total. The molecule has 1 heterocycles. The molecule has 0 saturated heterocycles. The van der Waals surface area contributed by atoms with Crippen LogP contribution in [0.5, 0.6) is 0 Å². The molecule has 0 fully saturated rings. The second kappa shape index (κ2) is 14.9. The first-order valence-electron chi connectivity index (χ1n) is 21.5. The molecule has 2 aliphatic carbocycles.